The third kappa shape index (κ3) is 4.83. The standard InChI is InChI=1S/C21H21N3O4S/c1-3-22-21-23(4-2)20(25)19(29-21)13-16-7-5-6-8-18(16)28-14-15-9-11-17(12-10-15)24(26)27/h5-13H,3-4,14H2,1-2H3/b19-13+,22-21?. The fourth-order valence-electron chi connectivity index (χ4n) is 2.79. The molecule has 0 unspecified atom stereocenters. The van der Waals surface area contributed by atoms with Gasteiger partial charge in [0.2, 0.25) is 0 Å². The number of nitrogens with zero attached hydrogens (tertiary/aromatic N) is 3. The molecule has 1 amide bonds. The molecule has 0 aliphatic carbocycles. The molecule has 1 aliphatic heterocycles. The monoisotopic (exact) mass is 411 g/mol. The first-order valence-corrected chi connectivity index (χ1v) is 10.1. The molecule has 1 fully saturated rings. The van der Waals surface area contributed by atoms with Gasteiger partial charge in [-0.2, -0.15) is 0 Å². The minimum absolute atomic E-state index is 0.0423. The van der Waals surface area contributed by atoms with E-state index in [9.17, 15) is 14.9 Å². The van der Waals surface area contributed by atoms with Gasteiger partial charge in [0, 0.05) is 30.8 Å². The van der Waals surface area contributed by atoms with Crippen LogP contribution >= 0.6 is 11.8 Å². The number of amides is 1. The number of carbonyl (C=O) groups excluding carboxylic acids is 1. The first-order valence-electron chi connectivity index (χ1n) is 9.24. The van der Waals surface area contributed by atoms with Gasteiger partial charge in [-0.15, -0.1) is 0 Å². The molecule has 0 spiro atoms. The van der Waals surface area contributed by atoms with Gasteiger partial charge in [0.15, 0.2) is 5.17 Å². The topological polar surface area (TPSA) is 85.0 Å². The lowest BCUT2D eigenvalue weighted by atomic mass is 10.1. The van der Waals surface area contributed by atoms with Gasteiger partial charge in [-0.1, -0.05) is 18.2 Å². The van der Waals surface area contributed by atoms with Crippen LogP contribution in [0.25, 0.3) is 6.08 Å². The molecule has 0 N–H and O–H groups in total. The van der Waals surface area contributed by atoms with Gasteiger partial charge >= 0.3 is 0 Å². The Morgan fingerprint density at radius 1 is 1.17 bits per heavy atom. The Morgan fingerprint density at radius 3 is 2.55 bits per heavy atom. The normalized spacial score (nSPS) is 16.6. The number of likely N-dealkylation sites (N-methyl/N-ethyl adjacent to an activating group) is 1. The van der Waals surface area contributed by atoms with Crippen molar-refractivity contribution in [3.63, 3.8) is 0 Å². The molecule has 0 radical (unpaired) electrons. The van der Waals surface area contributed by atoms with Gasteiger partial charge in [0.1, 0.15) is 12.4 Å². The van der Waals surface area contributed by atoms with Crippen molar-refractivity contribution in [1.29, 1.82) is 0 Å². The highest BCUT2D eigenvalue weighted by Crippen LogP contribution is 2.34. The molecule has 150 valence electrons. The highest BCUT2D eigenvalue weighted by atomic mass is 32.2. The van der Waals surface area contributed by atoms with E-state index in [2.05, 4.69) is 4.99 Å². The minimum Gasteiger partial charge on any atom is -0.488 e. The number of non-ortho nitro benzene ring substituents is 1. The Balaban J connectivity index is 1.78. The Kier molecular flexibility index (Phi) is 6.66. The Bertz CT molecular complexity index is 970. The summed E-state index contributed by atoms with van der Waals surface area (Å²) in [6.07, 6.45) is 1.82. The van der Waals surface area contributed by atoms with Crippen molar-refractivity contribution >= 4 is 34.6 Å². The number of carbonyl (C=O) groups is 1. The van der Waals surface area contributed by atoms with Crippen LogP contribution in [0, 0.1) is 10.1 Å². The molecule has 1 heterocycles. The van der Waals surface area contributed by atoms with Gasteiger partial charge in [0.25, 0.3) is 11.6 Å². The maximum atomic E-state index is 12.7. The molecule has 29 heavy (non-hydrogen) atoms. The number of rotatable bonds is 7. The number of hydrogen-bond donors (Lipinski definition) is 0. The second-order valence-corrected chi connectivity index (χ2v) is 7.18. The van der Waals surface area contributed by atoms with Crippen molar-refractivity contribution in [2.24, 2.45) is 4.99 Å². The highest BCUT2D eigenvalue weighted by molar-refractivity contribution is 8.18. The number of benzene rings is 2. The van der Waals surface area contributed by atoms with Gasteiger partial charge < -0.3 is 4.74 Å². The zero-order chi connectivity index (χ0) is 20.8. The fraction of sp³-hybridized carbons (Fsp3) is 0.238. The van der Waals surface area contributed by atoms with Gasteiger partial charge in [-0.05, 0) is 55.4 Å². The summed E-state index contributed by atoms with van der Waals surface area (Å²) in [6, 6.07) is 13.7. The molecular weight excluding hydrogens is 390 g/mol. The second kappa shape index (κ2) is 9.38. The Morgan fingerprint density at radius 2 is 1.90 bits per heavy atom. The molecule has 0 aromatic heterocycles. The van der Waals surface area contributed by atoms with Crippen LogP contribution in [0.1, 0.15) is 25.0 Å². The first kappa shape index (κ1) is 20.6. The lowest BCUT2D eigenvalue weighted by Crippen LogP contribution is -2.28. The summed E-state index contributed by atoms with van der Waals surface area (Å²) in [5.74, 6) is 0.575. The van der Waals surface area contributed by atoms with Crippen molar-refractivity contribution in [3.05, 3.63) is 74.7 Å². The van der Waals surface area contributed by atoms with E-state index in [0.29, 0.717) is 23.7 Å². The molecule has 7 nitrogen and oxygen atoms in total. The zero-order valence-electron chi connectivity index (χ0n) is 16.2. The molecule has 0 saturated carbocycles. The van der Waals surface area contributed by atoms with Gasteiger partial charge in [0.05, 0.1) is 9.83 Å². The van der Waals surface area contributed by atoms with E-state index < -0.39 is 4.92 Å². The van der Waals surface area contributed by atoms with Crippen molar-refractivity contribution in [2.45, 2.75) is 20.5 Å². The van der Waals surface area contributed by atoms with Crippen LogP contribution in [0.3, 0.4) is 0 Å². The zero-order valence-corrected chi connectivity index (χ0v) is 17.0. The van der Waals surface area contributed by atoms with E-state index in [4.69, 9.17) is 4.74 Å². The predicted octanol–water partition coefficient (Wildman–Crippen LogP) is 4.49. The van der Waals surface area contributed by atoms with Crippen LogP contribution in [0.5, 0.6) is 5.75 Å². The van der Waals surface area contributed by atoms with Crippen molar-refractivity contribution in [1.82, 2.24) is 4.90 Å². The number of para-hydroxylation sites is 1. The van der Waals surface area contributed by atoms with Crippen LogP contribution in [0.4, 0.5) is 5.69 Å². The Hall–Kier alpha value is -3.13. The maximum absolute atomic E-state index is 12.7. The fourth-order valence-corrected chi connectivity index (χ4v) is 3.88. The van der Waals surface area contributed by atoms with Gasteiger partial charge in [-0.3, -0.25) is 24.8 Å². The summed E-state index contributed by atoms with van der Waals surface area (Å²) in [5.41, 5.74) is 1.65. The predicted molar refractivity (Wildman–Crippen MR) is 115 cm³/mol. The highest BCUT2D eigenvalue weighted by Gasteiger charge is 2.32. The van der Waals surface area contributed by atoms with Crippen LogP contribution in [-0.2, 0) is 11.4 Å². The van der Waals surface area contributed by atoms with E-state index in [1.165, 1.54) is 23.9 Å². The first-order chi connectivity index (χ1) is 14.0. The third-order valence-electron chi connectivity index (χ3n) is 4.24. The third-order valence-corrected chi connectivity index (χ3v) is 5.29. The molecule has 0 bridgehead atoms. The SMILES string of the molecule is CCN=C1S/C(=C/c2ccccc2OCc2ccc([N+](=O)[O-])cc2)C(=O)N1CC. The van der Waals surface area contributed by atoms with Crippen LogP contribution in [0.15, 0.2) is 58.4 Å². The Labute approximate surface area is 173 Å². The quantitative estimate of drug-likeness (QED) is 0.381. The second-order valence-electron chi connectivity index (χ2n) is 6.17. The lowest BCUT2D eigenvalue weighted by molar-refractivity contribution is -0.384. The molecule has 2 aromatic rings. The number of thioether (sulfide) groups is 1. The molecule has 1 aliphatic rings. The lowest BCUT2D eigenvalue weighted by Gasteiger charge is -2.11. The summed E-state index contributed by atoms with van der Waals surface area (Å²) < 4.78 is 5.92. The van der Waals surface area contributed by atoms with Crippen molar-refractivity contribution in [3.8, 4) is 5.75 Å². The van der Waals surface area contributed by atoms with E-state index in [0.717, 1.165) is 16.3 Å². The van der Waals surface area contributed by atoms with Crippen LogP contribution in [-0.4, -0.2) is 34.0 Å². The van der Waals surface area contributed by atoms with E-state index in [1.807, 2.05) is 44.2 Å². The smallest absolute Gasteiger partial charge is 0.269 e. The molecule has 3 rings (SSSR count). The molecule has 8 heteroatoms. The molecule has 2 aromatic carbocycles. The molecule has 1 saturated heterocycles. The summed E-state index contributed by atoms with van der Waals surface area (Å²) in [4.78, 5) is 29.7. The summed E-state index contributed by atoms with van der Waals surface area (Å²) >= 11 is 1.37. The number of hydrogen-bond acceptors (Lipinski definition) is 6. The van der Waals surface area contributed by atoms with E-state index in [-0.39, 0.29) is 18.2 Å². The average Bonchev–Trinajstić information content (AvgIpc) is 3.02. The molecule has 0 atom stereocenters. The number of ether oxygens (including phenoxy) is 1. The summed E-state index contributed by atoms with van der Waals surface area (Å²) in [5, 5.41) is 11.5. The van der Waals surface area contributed by atoms with Gasteiger partial charge in [-0.25, -0.2) is 0 Å². The number of nitro benzene ring substituents is 1. The number of amidine groups is 1. The number of nitro groups is 1. The van der Waals surface area contributed by atoms with Crippen LogP contribution in [0.2, 0.25) is 0 Å². The average molecular weight is 411 g/mol. The largest absolute Gasteiger partial charge is 0.488 e. The van der Waals surface area contributed by atoms with Crippen molar-refractivity contribution < 1.29 is 14.5 Å². The summed E-state index contributed by atoms with van der Waals surface area (Å²) in [7, 11) is 0. The van der Waals surface area contributed by atoms with E-state index >= 15 is 0 Å². The number of aliphatic imine (C=N–C) groups is 1. The van der Waals surface area contributed by atoms with E-state index in [1.54, 1.807) is 17.0 Å². The maximum Gasteiger partial charge on any atom is 0.269 e. The summed E-state index contributed by atoms with van der Waals surface area (Å²) in [6.45, 7) is 5.32. The minimum atomic E-state index is -0.432. The van der Waals surface area contributed by atoms with Crippen LogP contribution < -0.4 is 4.74 Å². The molecular formula is C21H21N3O4S. The van der Waals surface area contributed by atoms with Crippen molar-refractivity contribution in [2.75, 3.05) is 13.1 Å².